The van der Waals surface area contributed by atoms with E-state index in [0.29, 0.717) is 0 Å². The second kappa shape index (κ2) is 9.09. The Morgan fingerprint density at radius 1 is 0.523 bits per heavy atom. The number of para-hydroxylation sites is 3. The maximum absolute atomic E-state index is 2.54. The molecular weight excluding hydrogens is 551 g/mol. The summed E-state index contributed by atoms with van der Waals surface area (Å²) >= 11 is 1.96. The smallest absolute Gasteiger partial charge is 0.264 e. The third kappa shape index (κ3) is 3.15. The van der Waals surface area contributed by atoms with Crippen molar-refractivity contribution in [1.29, 1.82) is 0 Å². The summed E-state index contributed by atoms with van der Waals surface area (Å²) < 4.78 is 3.92. The van der Waals surface area contributed by atoms with Crippen LogP contribution >= 0.6 is 11.3 Å². The van der Waals surface area contributed by atoms with Crippen molar-refractivity contribution in [3.05, 3.63) is 152 Å². The van der Waals surface area contributed by atoms with Crippen LogP contribution < -0.4 is 20.6 Å². The van der Waals surface area contributed by atoms with Gasteiger partial charge in [-0.2, -0.15) is 0 Å². The highest BCUT2D eigenvalue weighted by molar-refractivity contribution is 7.31. The molecule has 4 heterocycles. The summed E-state index contributed by atoms with van der Waals surface area (Å²) in [6, 6.07) is 55.5. The minimum atomic E-state index is 0.126. The Labute approximate surface area is 260 Å². The van der Waals surface area contributed by atoms with Gasteiger partial charge in [0.1, 0.15) is 0 Å². The van der Waals surface area contributed by atoms with Gasteiger partial charge in [-0.05, 0) is 52.4 Å². The van der Waals surface area contributed by atoms with Crippen LogP contribution in [0.1, 0.15) is 0 Å². The summed E-state index contributed by atoms with van der Waals surface area (Å²) in [5, 5.41) is 2.62. The molecule has 0 spiro atoms. The molecule has 4 heteroatoms. The highest BCUT2D eigenvalue weighted by atomic mass is 32.1. The molecule has 0 aliphatic carbocycles. The standard InChI is InChI=1S/C40H25BN2S/c1-4-14-26(15-5-1)35-38-40(44-39(35)27-16-6-2-7-17-27)41-31-21-11-13-23-33(31)43-32-22-12-10-20-29(32)30-24-25-34(36(41)37(30)43)42(38)28-18-8-3-9-19-28/h1-25H. The molecule has 204 valence electrons. The second-order valence-electron chi connectivity index (χ2n) is 11.7. The Morgan fingerprint density at radius 3 is 1.98 bits per heavy atom. The first-order valence-electron chi connectivity index (χ1n) is 15.2. The van der Waals surface area contributed by atoms with Gasteiger partial charge in [0.15, 0.2) is 0 Å². The first kappa shape index (κ1) is 24.2. The van der Waals surface area contributed by atoms with E-state index in [4.69, 9.17) is 0 Å². The van der Waals surface area contributed by atoms with Gasteiger partial charge in [0.25, 0.3) is 6.71 Å². The van der Waals surface area contributed by atoms with Crippen LogP contribution in [0.15, 0.2) is 152 Å². The maximum atomic E-state index is 2.54. The second-order valence-corrected chi connectivity index (χ2v) is 12.7. The molecule has 8 aromatic rings. The molecule has 2 aromatic heterocycles. The molecule has 0 atom stereocenters. The van der Waals surface area contributed by atoms with Gasteiger partial charge < -0.3 is 9.47 Å². The zero-order chi connectivity index (χ0) is 28.8. The molecular formula is C40H25BN2S. The number of benzene rings is 6. The van der Waals surface area contributed by atoms with Gasteiger partial charge in [-0.3, -0.25) is 0 Å². The van der Waals surface area contributed by atoms with Gasteiger partial charge in [0.05, 0.1) is 16.7 Å². The molecule has 0 saturated heterocycles. The highest BCUT2D eigenvalue weighted by Crippen LogP contribution is 2.51. The number of nitrogens with zero attached hydrogens (tertiary/aromatic N) is 2. The predicted octanol–water partition coefficient (Wildman–Crippen LogP) is 8.79. The van der Waals surface area contributed by atoms with E-state index < -0.39 is 0 Å². The number of hydrogen-bond donors (Lipinski definition) is 0. The lowest BCUT2D eigenvalue weighted by atomic mass is 9.36. The lowest BCUT2D eigenvalue weighted by Crippen LogP contribution is -2.59. The highest BCUT2D eigenvalue weighted by Gasteiger charge is 2.45. The Balaban J connectivity index is 1.42. The number of aromatic nitrogens is 1. The van der Waals surface area contributed by atoms with Crippen molar-refractivity contribution in [3.8, 4) is 27.3 Å². The molecule has 44 heavy (non-hydrogen) atoms. The first-order chi connectivity index (χ1) is 21.9. The molecule has 0 N–H and O–H groups in total. The summed E-state index contributed by atoms with van der Waals surface area (Å²) in [6.07, 6.45) is 0. The van der Waals surface area contributed by atoms with Crippen LogP contribution in [-0.2, 0) is 0 Å². The molecule has 0 fully saturated rings. The molecule has 0 bridgehead atoms. The van der Waals surface area contributed by atoms with Gasteiger partial charge in [0.2, 0.25) is 0 Å². The van der Waals surface area contributed by atoms with E-state index in [2.05, 4.69) is 161 Å². The van der Waals surface area contributed by atoms with E-state index in [1.807, 2.05) is 11.3 Å². The number of anilines is 3. The fraction of sp³-hybridized carbons (Fsp3) is 0. The molecule has 2 nitrogen and oxygen atoms in total. The average molecular weight is 577 g/mol. The van der Waals surface area contributed by atoms with Crippen molar-refractivity contribution in [1.82, 2.24) is 4.57 Å². The molecule has 2 aliphatic rings. The largest absolute Gasteiger partial charge is 0.310 e. The quantitative estimate of drug-likeness (QED) is 0.191. The van der Waals surface area contributed by atoms with Gasteiger partial charge in [-0.25, -0.2) is 0 Å². The van der Waals surface area contributed by atoms with Crippen LogP contribution in [0.25, 0.3) is 49.1 Å². The van der Waals surface area contributed by atoms with Crippen LogP contribution in [0.2, 0.25) is 0 Å². The molecule has 6 aromatic carbocycles. The lowest BCUT2D eigenvalue weighted by Gasteiger charge is -2.38. The summed E-state index contributed by atoms with van der Waals surface area (Å²) in [4.78, 5) is 3.86. The zero-order valence-electron chi connectivity index (χ0n) is 23.8. The molecule has 0 saturated carbocycles. The van der Waals surface area contributed by atoms with Crippen molar-refractivity contribution in [2.24, 2.45) is 0 Å². The van der Waals surface area contributed by atoms with Crippen LogP contribution in [0, 0.1) is 0 Å². The molecule has 0 radical (unpaired) electrons. The van der Waals surface area contributed by atoms with E-state index >= 15 is 0 Å². The predicted molar refractivity (Wildman–Crippen MR) is 189 cm³/mol. The lowest BCUT2D eigenvalue weighted by molar-refractivity contribution is 1.18. The number of thiophene rings is 1. The molecule has 10 rings (SSSR count). The Morgan fingerprint density at radius 2 is 1.18 bits per heavy atom. The van der Waals surface area contributed by atoms with Crippen LogP contribution in [0.3, 0.4) is 0 Å². The van der Waals surface area contributed by atoms with Crippen molar-refractivity contribution >= 4 is 72.6 Å². The zero-order valence-corrected chi connectivity index (χ0v) is 24.6. The summed E-state index contributed by atoms with van der Waals surface area (Å²) in [5.41, 5.74) is 14.2. The summed E-state index contributed by atoms with van der Waals surface area (Å²) in [7, 11) is 0. The van der Waals surface area contributed by atoms with Gasteiger partial charge in [-0.15, -0.1) is 11.3 Å². The van der Waals surface area contributed by atoms with E-state index in [0.717, 1.165) is 0 Å². The third-order valence-corrected chi connectivity index (χ3v) is 10.7. The van der Waals surface area contributed by atoms with Gasteiger partial charge in [0, 0.05) is 43.1 Å². The van der Waals surface area contributed by atoms with Crippen LogP contribution in [-0.4, -0.2) is 11.3 Å². The van der Waals surface area contributed by atoms with E-state index in [9.17, 15) is 0 Å². The topological polar surface area (TPSA) is 8.17 Å². The fourth-order valence-corrected chi connectivity index (χ4v) is 9.10. The maximum Gasteiger partial charge on any atom is 0.264 e. The minimum Gasteiger partial charge on any atom is -0.310 e. The number of hydrogen-bond acceptors (Lipinski definition) is 2. The summed E-state index contributed by atoms with van der Waals surface area (Å²) in [5.74, 6) is 0. The SMILES string of the molecule is c1ccc(-c2sc3c(c2-c2ccccc2)N(c2ccccc2)c2ccc4c5ccccc5n5c4c2B3c2ccccc2-5)cc1. The minimum absolute atomic E-state index is 0.126. The molecule has 0 unspecified atom stereocenters. The first-order valence-corrected chi connectivity index (χ1v) is 16.0. The van der Waals surface area contributed by atoms with Gasteiger partial charge >= 0.3 is 0 Å². The summed E-state index contributed by atoms with van der Waals surface area (Å²) in [6.45, 7) is 0.126. The van der Waals surface area contributed by atoms with Gasteiger partial charge in [-0.1, -0.05) is 121 Å². The monoisotopic (exact) mass is 576 g/mol. The number of rotatable bonds is 3. The van der Waals surface area contributed by atoms with Crippen LogP contribution in [0.5, 0.6) is 0 Å². The fourth-order valence-electron chi connectivity index (χ4n) is 7.65. The van der Waals surface area contributed by atoms with Crippen molar-refractivity contribution in [2.75, 3.05) is 4.90 Å². The van der Waals surface area contributed by atoms with Crippen molar-refractivity contribution < 1.29 is 0 Å². The van der Waals surface area contributed by atoms with Crippen LogP contribution in [0.4, 0.5) is 17.1 Å². The van der Waals surface area contributed by atoms with E-state index in [1.165, 1.54) is 81.8 Å². The van der Waals surface area contributed by atoms with Crippen molar-refractivity contribution in [3.63, 3.8) is 0 Å². The normalized spacial score (nSPS) is 12.9. The van der Waals surface area contributed by atoms with E-state index in [1.54, 1.807) is 0 Å². The van der Waals surface area contributed by atoms with E-state index in [-0.39, 0.29) is 6.71 Å². The number of fused-ring (bicyclic) bond motifs is 8. The Hall–Kier alpha value is -5.32. The Bertz CT molecular complexity index is 2390. The average Bonchev–Trinajstić information content (AvgIpc) is 3.66. The van der Waals surface area contributed by atoms with Crippen molar-refractivity contribution in [2.45, 2.75) is 0 Å². The molecule has 0 amide bonds. The molecule has 2 aliphatic heterocycles. The third-order valence-electron chi connectivity index (χ3n) is 9.38. The Kier molecular flexibility index (Phi) is 4.99.